The largest absolute Gasteiger partial charge is 0.359 e. The van der Waals surface area contributed by atoms with Crippen molar-refractivity contribution in [3.8, 4) is 0 Å². The van der Waals surface area contributed by atoms with Crippen LogP contribution in [0.3, 0.4) is 0 Å². The number of anilines is 1. The van der Waals surface area contributed by atoms with Crippen LogP contribution in [-0.2, 0) is 10.0 Å². The second-order valence-corrected chi connectivity index (χ2v) is 6.14. The highest BCUT2D eigenvalue weighted by Gasteiger charge is 2.04. The van der Waals surface area contributed by atoms with Gasteiger partial charge in [0.15, 0.2) is 3.92 Å². The highest BCUT2D eigenvalue weighted by Crippen LogP contribution is 2.19. The van der Waals surface area contributed by atoms with Crippen LogP contribution >= 0.6 is 27.3 Å². The molecule has 0 radical (unpaired) electrons. The zero-order valence-electron chi connectivity index (χ0n) is 6.40. The van der Waals surface area contributed by atoms with Crippen LogP contribution in [0.4, 0.5) is 5.13 Å². The molecular formula is C4H7BrN4O2S2. The van der Waals surface area contributed by atoms with Gasteiger partial charge in [0, 0.05) is 6.54 Å². The lowest BCUT2D eigenvalue weighted by Crippen LogP contribution is -2.22. The number of rotatable bonds is 4. The average Bonchev–Trinajstić information content (AvgIpc) is 2.33. The molecule has 0 saturated heterocycles. The predicted octanol–water partition coefficient (Wildman–Crippen LogP) is 0.001000. The summed E-state index contributed by atoms with van der Waals surface area (Å²) < 4.78 is 21.7. The Morgan fingerprint density at radius 2 is 2.23 bits per heavy atom. The molecule has 0 aliphatic rings. The number of hydrogen-bond acceptors (Lipinski definition) is 6. The fraction of sp³-hybridized carbons (Fsp3) is 0.500. The normalized spacial score (nSPS) is 11.5. The van der Waals surface area contributed by atoms with Crippen molar-refractivity contribution in [2.24, 2.45) is 5.14 Å². The molecule has 0 atom stereocenters. The van der Waals surface area contributed by atoms with Gasteiger partial charge >= 0.3 is 0 Å². The lowest BCUT2D eigenvalue weighted by molar-refractivity contribution is 0.598. The van der Waals surface area contributed by atoms with E-state index in [4.69, 9.17) is 5.14 Å². The van der Waals surface area contributed by atoms with Gasteiger partial charge in [-0.15, -0.1) is 10.2 Å². The quantitative estimate of drug-likeness (QED) is 0.812. The van der Waals surface area contributed by atoms with E-state index in [-0.39, 0.29) is 12.3 Å². The first-order chi connectivity index (χ1) is 5.97. The molecule has 3 N–H and O–H groups in total. The molecule has 0 bridgehead atoms. The molecule has 1 aromatic rings. The summed E-state index contributed by atoms with van der Waals surface area (Å²) in [5, 5.41) is 15.5. The van der Waals surface area contributed by atoms with Gasteiger partial charge in [-0.25, -0.2) is 13.6 Å². The topological polar surface area (TPSA) is 98.0 Å². The van der Waals surface area contributed by atoms with Crippen molar-refractivity contribution in [1.82, 2.24) is 10.2 Å². The first-order valence-electron chi connectivity index (χ1n) is 3.21. The van der Waals surface area contributed by atoms with E-state index in [9.17, 15) is 8.42 Å². The van der Waals surface area contributed by atoms with Crippen LogP contribution in [-0.4, -0.2) is 30.9 Å². The molecule has 0 amide bonds. The first-order valence-corrected chi connectivity index (χ1v) is 6.53. The van der Waals surface area contributed by atoms with E-state index in [1.165, 1.54) is 11.3 Å². The van der Waals surface area contributed by atoms with Crippen LogP contribution in [0.15, 0.2) is 3.92 Å². The summed E-state index contributed by atoms with van der Waals surface area (Å²) in [5.41, 5.74) is 0. The SMILES string of the molecule is NS(=O)(=O)CCNc1nnc(Br)s1. The van der Waals surface area contributed by atoms with Gasteiger partial charge in [-0.3, -0.25) is 0 Å². The highest BCUT2D eigenvalue weighted by molar-refractivity contribution is 9.11. The minimum atomic E-state index is -3.41. The summed E-state index contributed by atoms with van der Waals surface area (Å²) in [6.07, 6.45) is 0. The average molecular weight is 287 g/mol. The number of aromatic nitrogens is 2. The zero-order chi connectivity index (χ0) is 9.90. The van der Waals surface area contributed by atoms with Gasteiger partial charge in [0.05, 0.1) is 5.75 Å². The molecular weight excluding hydrogens is 280 g/mol. The van der Waals surface area contributed by atoms with Gasteiger partial charge in [-0.05, 0) is 15.9 Å². The monoisotopic (exact) mass is 286 g/mol. The van der Waals surface area contributed by atoms with Crippen molar-refractivity contribution in [2.45, 2.75) is 0 Å². The molecule has 1 aromatic heterocycles. The van der Waals surface area contributed by atoms with Crippen LogP contribution in [0.1, 0.15) is 0 Å². The second-order valence-electron chi connectivity index (χ2n) is 2.15. The number of nitrogens with one attached hydrogen (secondary N) is 1. The van der Waals surface area contributed by atoms with Crippen molar-refractivity contribution in [1.29, 1.82) is 0 Å². The van der Waals surface area contributed by atoms with Gasteiger partial charge in [-0.1, -0.05) is 11.3 Å². The number of nitrogens with two attached hydrogens (primary N) is 1. The van der Waals surface area contributed by atoms with E-state index in [1.807, 2.05) is 0 Å². The van der Waals surface area contributed by atoms with E-state index in [2.05, 4.69) is 31.4 Å². The fourth-order valence-electron chi connectivity index (χ4n) is 0.577. The van der Waals surface area contributed by atoms with Gasteiger partial charge in [0.1, 0.15) is 0 Å². The van der Waals surface area contributed by atoms with Crippen LogP contribution < -0.4 is 10.5 Å². The number of halogens is 1. The first kappa shape index (κ1) is 10.8. The number of sulfonamides is 1. The number of hydrogen-bond donors (Lipinski definition) is 2. The van der Waals surface area contributed by atoms with Gasteiger partial charge in [0.2, 0.25) is 15.2 Å². The summed E-state index contributed by atoms with van der Waals surface area (Å²) in [6.45, 7) is 0.237. The minimum Gasteiger partial charge on any atom is -0.359 e. The fourth-order valence-corrected chi connectivity index (χ4v) is 2.00. The molecule has 0 fully saturated rings. The molecule has 9 heteroatoms. The molecule has 0 unspecified atom stereocenters. The van der Waals surface area contributed by atoms with Crippen molar-refractivity contribution in [2.75, 3.05) is 17.6 Å². The van der Waals surface area contributed by atoms with E-state index in [1.54, 1.807) is 0 Å². The standard InChI is InChI=1S/C4H7BrN4O2S2/c5-3-8-9-4(12-3)7-1-2-13(6,10)11/h1-2H2,(H,7,9)(H2,6,10,11). The van der Waals surface area contributed by atoms with Crippen LogP contribution in [0.5, 0.6) is 0 Å². The molecule has 0 aromatic carbocycles. The molecule has 0 saturated carbocycles. The third kappa shape index (κ3) is 4.50. The van der Waals surface area contributed by atoms with E-state index < -0.39 is 10.0 Å². The molecule has 0 spiro atoms. The van der Waals surface area contributed by atoms with E-state index in [0.29, 0.717) is 9.05 Å². The summed E-state index contributed by atoms with van der Waals surface area (Å²) in [7, 11) is -3.41. The molecule has 0 aliphatic heterocycles. The maximum absolute atomic E-state index is 10.5. The second kappa shape index (κ2) is 4.31. The summed E-state index contributed by atoms with van der Waals surface area (Å²) in [4.78, 5) is 0. The van der Waals surface area contributed by atoms with Crippen LogP contribution in [0.25, 0.3) is 0 Å². The third-order valence-corrected chi connectivity index (χ3v) is 3.15. The summed E-state index contributed by atoms with van der Waals surface area (Å²) >= 11 is 4.41. The van der Waals surface area contributed by atoms with Gasteiger partial charge < -0.3 is 5.32 Å². The lowest BCUT2D eigenvalue weighted by atomic mass is 10.7. The highest BCUT2D eigenvalue weighted by atomic mass is 79.9. The number of primary sulfonamides is 1. The van der Waals surface area contributed by atoms with Crippen LogP contribution in [0.2, 0.25) is 0 Å². The molecule has 13 heavy (non-hydrogen) atoms. The number of nitrogens with zero attached hydrogens (tertiary/aromatic N) is 2. The summed E-state index contributed by atoms with van der Waals surface area (Å²) in [6, 6.07) is 0. The minimum absolute atomic E-state index is 0.121. The molecule has 0 aliphatic carbocycles. The van der Waals surface area contributed by atoms with Crippen molar-refractivity contribution >= 4 is 42.4 Å². The Hall–Kier alpha value is -0.250. The Morgan fingerprint density at radius 1 is 1.54 bits per heavy atom. The lowest BCUT2D eigenvalue weighted by Gasteiger charge is -1.98. The Kier molecular flexibility index (Phi) is 3.59. The molecule has 1 heterocycles. The maximum Gasteiger partial charge on any atom is 0.210 e. The van der Waals surface area contributed by atoms with Gasteiger partial charge in [-0.2, -0.15) is 0 Å². The van der Waals surface area contributed by atoms with Crippen molar-refractivity contribution in [3.05, 3.63) is 3.92 Å². The predicted molar refractivity (Wildman–Crippen MR) is 54.1 cm³/mol. The Bertz CT molecular complexity index is 375. The Morgan fingerprint density at radius 3 is 2.69 bits per heavy atom. The molecule has 1 rings (SSSR count). The Balaban J connectivity index is 2.36. The van der Waals surface area contributed by atoms with E-state index in [0.717, 1.165) is 0 Å². The van der Waals surface area contributed by atoms with E-state index >= 15 is 0 Å². The van der Waals surface area contributed by atoms with Crippen molar-refractivity contribution in [3.63, 3.8) is 0 Å². The maximum atomic E-state index is 10.5. The summed E-state index contributed by atoms with van der Waals surface area (Å²) in [5.74, 6) is -0.121. The zero-order valence-corrected chi connectivity index (χ0v) is 9.62. The third-order valence-electron chi connectivity index (χ3n) is 1.06. The van der Waals surface area contributed by atoms with Crippen LogP contribution in [0, 0.1) is 0 Å². The smallest absolute Gasteiger partial charge is 0.210 e. The Labute approximate surface area is 87.7 Å². The van der Waals surface area contributed by atoms with Crippen molar-refractivity contribution < 1.29 is 8.42 Å². The van der Waals surface area contributed by atoms with Gasteiger partial charge in [0.25, 0.3) is 0 Å². The molecule has 74 valence electrons. The molecule has 6 nitrogen and oxygen atoms in total.